The maximum atomic E-state index is 11.7. The molecule has 1 heterocycles. The molecular formula is C13H14N2O4S. The Bertz CT molecular complexity index is 643. The van der Waals surface area contributed by atoms with Crippen LogP contribution in [-0.4, -0.2) is 43.5 Å². The molecule has 2 rings (SSSR count). The van der Waals surface area contributed by atoms with Crippen molar-refractivity contribution in [2.24, 2.45) is 0 Å². The Kier molecular flexibility index (Phi) is 3.68. The van der Waals surface area contributed by atoms with Crippen LogP contribution in [0.25, 0.3) is 0 Å². The molecule has 7 heteroatoms. The van der Waals surface area contributed by atoms with Crippen LogP contribution in [0.2, 0.25) is 0 Å². The zero-order valence-corrected chi connectivity index (χ0v) is 11.8. The Morgan fingerprint density at radius 1 is 1.40 bits per heavy atom. The molecule has 0 saturated carbocycles. The minimum absolute atomic E-state index is 0.120. The van der Waals surface area contributed by atoms with Crippen LogP contribution >= 0.6 is 0 Å². The predicted molar refractivity (Wildman–Crippen MR) is 71.4 cm³/mol. The topological polar surface area (TPSA) is 87.5 Å². The lowest BCUT2D eigenvalue weighted by Crippen LogP contribution is -2.66. The molecular weight excluding hydrogens is 280 g/mol. The van der Waals surface area contributed by atoms with E-state index in [4.69, 9.17) is 10.00 Å². The predicted octanol–water partition coefficient (Wildman–Crippen LogP) is 0.946. The number of nitriles is 1. The third-order valence-electron chi connectivity index (χ3n) is 3.27. The highest BCUT2D eigenvalue weighted by Gasteiger charge is 2.54. The third-order valence-corrected chi connectivity index (χ3v) is 5.04. The van der Waals surface area contributed by atoms with Gasteiger partial charge < -0.3 is 9.64 Å². The van der Waals surface area contributed by atoms with E-state index in [2.05, 4.69) is 0 Å². The molecule has 1 aromatic carbocycles. The van der Waals surface area contributed by atoms with E-state index in [0.29, 0.717) is 0 Å². The second-order valence-electron chi connectivity index (χ2n) is 4.77. The summed E-state index contributed by atoms with van der Waals surface area (Å²) >= 11 is 0. The van der Waals surface area contributed by atoms with E-state index in [1.54, 1.807) is 6.07 Å². The molecule has 20 heavy (non-hydrogen) atoms. The SMILES string of the molecule is CS(=O)(=O)C1(C#N)CN(C(=O)OCc2ccccc2)C1. The number of likely N-dealkylation sites (tertiary alicyclic amines) is 1. The van der Waals surface area contributed by atoms with Crippen molar-refractivity contribution >= 4 is 15.9 Å². The smallest absolute Gasteiger partial charge is 0.410 e. The van der Waals surface area contributed by atoms with Crippen molar-refractivity contribution in [3.05, 3.63) is 35.9 Å². The summed E-state index contributed by atoms with van der Waals surface area (Å²) in [4.78, 5) is 12.9. The number of amides is 1. The van der Waals surface area contributed by atoms with E-state index in [1.807, 2.05) is 30.3 Å². The van der Waals surface area contributed by atoms with Gasteiger partial charge in [0, 0.05) is 6.26 Å². The molecule has 0 N–H and O–H groups in total. The molecule has 1 saturated heterocycles. The van der Waals surface area contributed by atoms with E-state index in [1.165, 1.54) is 4.90 Å². The van der Waals surface area contributed by atoms with Crippen LogP contribution in [0.1, 0.15) is 5.56 Å². The molecule has 1 fully saturated rings. The number of rotatable bonds is 3. The second kappa shape index (κ2) is 5.13. The lowest BCUT2D eigenvalue weighted by Gasteiger charge is -2.42. The summed E-state index contributed by atoms with van der Waals surface area (Å²) in [6, 6.07) is 10.9. The van der Waals surface area contributed by atoms with Gasteiger partial charge in [-0.15, -0.1) is 0 Å². The molecule has 6 nitrogen and oxygen atoms in total. The maximum absolute atomic E-state index is 11.7. The number of hydrogen-bond acceptors (Lipinski definition) is 5. The van der Waals surface area contributed by atoms with E-state index in [9.17, 15) is 13.2 Å². The molecule has 0 spiro atoms. The van der Waals surface area contributed by atoms with Gasteiger partial charge in [0.1, 0.15) is 6.61 Å². The van der Waals surface area contributed by atoms with Gasteiger partial charge in [-0.25, -0.2) is 13.2 Å². The Morgan fingerprint density at radius 3 is 2.50 bits per heavy atom. The Hall–Kier alpha value is -2.07. The van der Waals surface area contributed by atoms with Crippen molar-refractivity contribution in [3.63, 3.8) is 0 Å². The normalized spacial score (nSPS) is 16.9. The fourth-order valence-electron chi connectivity index (χ4n) is 1.90. The number of ether oxygens (including phenoxy) is 1. The van der Waals surface area contributed by atoms with Crippen LogP contribution in [0, 0.1) is 11.3 Å². The number of carbonyl (C=O) groups is 1. The number of hydrogen-bond donors (Lipinski definition) is 0. The fourth-order valence-corrected chi connectivity index (χ4v) is 2.84. The molecule has 1 aromatic rings. The molecule has 0 radical (unpaired) electrons. The van der Waals surface area contributed by atoms with E-state index in [-0.39, 0.29) is 19.7 Å². The standard InChI is InChI=1S/C13H14N2O4S/c1-20(17,18)13(8-14)9-15(10-13)12(16)19-7-11-5-3-2-4-6-11/h2-6H,7,9-10H2,1H3. The molecule has 0 bridgehead atoms. The summed E-state index contributed by atoms with van der Waals surface area (Å²) in [5.74, 6) is 0. The van der Waals surface area contributed by atoms with Crippen LogP contribution in [0.15, 0.2) is 30.3 Å². The second-order valence-corrected chi connectivity index (χ2v) is 7.10. The van der Waals surface area contributed by atoms with Gasteiger partial charge in [0.2, 0.25) is 0 Å². The summed E-state index contributed by atoms with van der Waals surface area (Å²) in [5, 5.41) is 8.97. The summed E-state index contributed by atoms with van der Waals surface area (Å²) in [5.41, 5.74) is 0.844. The average Bonchev–Trinajstić information content (AvgIpc) is 2.35. The van der Waals surface area contributed by atoms with Gasteiger partial charge in [-0.3, -0.25) is 0 Å². The third kappa shape index (κ3) is 2.60. The van der Waals surface area contributed by atoms with Crippen molar-refractivity contribution in [2.75, 3.05) is 19.3 Å². The summed E-state index contributed by atoms with van der Waals surface area (Å²) in [6.07, 6.45) is 0.395. The van der Waals surface area contributed by atoms with Gasteiger partial charge >= 0.3 is 6.09 Å². The first-order chi connectivity index (χ1) is 9.38. The van der Waals surface area contributed by atoms with Crippen molar-refractivity contribution in [3.8, 4) is 6.07 Å². The summed E-state index contributed by atoms with van der Waals surface area (Å²) < 4.78 is 26.6. The summed E-state index contributed by atoms with van der Waals surface area (Å²) in [6.45, 7) is -0.166. The van der Waals surface area contributed by atoms with Gasteiger partial charge in [-0.05, 0) is 5.56 Å². The largest absolute Gasteiger partial charge is 0.445 e. The van der Waals surface area contributed by atoms with Crippen molar-refractivity contribution in [1.82, 2.24) is 4.90 Å². The Morgan fingerprint density at radius 2 is 2.00 bits per heavy atom. The molecule has 106 valence electrons. The first kappa shape index (κ1) is 14.3. The maximum Gasteiger partial charge on any atom is 0.410 e. The van der Waals surface area contributed by atoms with Crippen LogP contribution in [-0.2, 0) is 21.2 Å². The molecule has 0 unspecified atom stereocenters. The van der Waals surface area contributed by atoms with Crippen LogP contribution < -0.4 is 0 Å². The lowest BCUT2D eigenvalue weighted by atomic mass is 10.0. The van der Waals surface area contributed by atoms with Gasteiger partial charge in [0.15, 0.2) is 14.6 Å². The number of carbonyl (C=O) groups excluding carboxylic acids is 1. The highest BCUT2D eigenvalue weighted by molar-refractivity contribution is 7.92. The van der Waals surface area contributed by atoms with Crippen molar-refractivity contribution < 1.29 is 17.9 Å². The van der Waals surface area contributed by atoms with Gasteiger partial charge in [-0.1, -0.05) is 30.3 Å². The minimum Gasteiger partial charge on any atom is -0.445 e. The van der Waals surface area contributed by atoms with Crippen molar-refractivity contribution in [2.45, 2.75) is 11.4 Å². The highest BCUT2D eigenvalue weighted by Crippen LogP contribution is 2.29. The average molecular weight is 294 g/mol. The monoisotopic (exact) mass is 294 g/mol. The van der Waals surface area contributed by atoms with E-state index in [0.717, 1.165) is 11.8 Å². The number of sulfone groups is 1. The number of benzene rings is 1. The summed E-state index contributed by atoms with van der Waals surface area (Å²) in [7, 11) is -3.52. The molecule has 1 aliphatic heterocycles. The number of nitrogens with zero attached hydrogens (tertiary/aromatic N) is 2. The molecule has 0 atom stereocenters. The van der Waals surface area contributed by atoms with Gasteiger partial charge in [0.05, 0.1) is 19.2 Å². The Labute approximate surface area is 117 Å². The minimum atomic E-state index is -3.52. The van der Waals surface area contributed by atoms with E-state index < -0.39 is 20.7 Å². The quantitative estimate of drug-likeness (QED) is 0.828. The van der Waals surface area contributed by atoms with Gasteiger partial charge in [0.25, 0.3) is 0 Å². The molecule has 0 aromatic heterocycles. The van der Waals surface area contributed by atoms with Crippen LogP contribution in [0.4, 0.5) is 4.79 Å². The molecule has 0 aliphatic carbocycles. The first-order valence-corrected chi connectivity index (χ1v) is 7.84. The highest BCUT2D eigenvalue weighted by atomic mass is 32.2. The fraction of sp³-hybridized carbons (Fsp3) is 0.385. The lowest BCUT2D eigenvalue weighted by molar-refractivity contribution is 0.0675. The van der Waals surface area contributed by atoms with Crippen LogP contribution in [0.5, 0.6) is 0 Å². The zero-order chi connectivity index (χ0) is 14.8. The van der Waals surface area contributed by atoms with E-state index >= 15 is 0 Å². The Balaban J connectivity index is 1.90. The van der Waals surface area contributed by atoms with Gasteiger partial charge in [-0.2, -0.15) is 5.26 Å². The molecule has 1 aliphatic rings. The zero-order valence-electron chi connectivity index (χ0n) is 10.9. The molecule has 1 amide bonds. The van der Waals surface area contributed by atoms with Crippen molar-refractivity contribution in [1.29, 1.82) is 5.26 Å². The van der Waals surface area contributed by atoms with Crippen LogP contribution in [0.3, 0.4) is 0 Å². The first-order valence-electron chi connectivity index (χ1n) is 5.94.